The van der Waals surface area contributed by atoms with Crippen molar-refractivity contribution in [2.24, 2.45) is 40.4 Å². The van der Waals surface area contributed by atoms with Gasteiger partial charge in [-0.1, -0.05) is 13.8 Å². The molecule has 0 saturated heterocycles. The molecule has 138 valence electrons. The Morgan fingerprint density at radius 1 is 0.958 bits per heavy atom. The Morgan fingerprint density at radius 3 is 2.38 bits per heavy atom. The van der Waals surface area contributed by atoms with Crippen LogP contribution in [0.2, 0.25) is 0 Å². The van der Waals surface area contributed by atoms with Gasteiger partial charge in [-0.2, -0.15) is 0 Å². The van der Waals surface area contributed by atoms with Crippen LogP contribution in [-0.4, -0.2) is 33.6 Å². The Morgan fingerprint density at radius 2 is 1.67 bits per heavy atom. The van der Waals surface area contributed by atoms with Crippen LogP contribution in [0, 0.1) is 40.4 Å². The Balaban J connectivity index is 1.63. The predicted octanol–water partition coefficient (Wildman–Crippen LogP) is 3.36. The topological polar surface area (TPSA) is 60.7 Å². The molecule has 0 heterocycles. The summed E-state index contributed by atoms with van der Waals surface area (Å²) in [7, 11) is 0. The molecule has 3 heteroatoms. The zero-order valence-electron chi connectivity index (χ0n) is 15.7. The summed E-state index contributed by atoms with van der Waals surface area (Å²) in [6, 6.07) is 0. The highest BCUT2D eigenvalue weighted by atomic mass is 16.3. The van der Waals surface area contributed by atoms with Gasteiger partial charge in [-0.25, -0.2) is 0 Å². The van der Waals surface area contributed by atoms with E-state index in [1.165, 1.54) is 25.7 Å². The number of fused-ring (bicyclic) bond motifs is 5. The van der Waals surface area contributed by atoms with E-state index >= 15 is 0 Å². The van der Waals surface area contributed by atoms with Gasteiger partial charge in [0, 0.05) is 12.5 Å². The lowest BCUT2D eigenvalue weighted by molar-refractivity contribution is -0.166. The quantitative estimate of drug-likeness (QED) is 0.688. The Labute approximate surface area is 146 Å². The Kier molecular flexibility index (Phi) is 3.92. The molecule has 0 bridgehead atoms. The van der Waals surface area contributed by atoms with Crippen molar-refractivity contribution < 1.29 is 15.3 Å². The summed E-state index contributed by atoms with van der Waals surface area (Å²) in [5.74, 6) is 2.77. The Bertz CT molecular complexity index is 503. The summed E-state index contributed by atoms with van der Waals surface area (Å²) in [6.45, 7) is 6.99. The molecule has 0 aliphatic heterocycles. The van der Waals surface area contributed by atoms with E-state index < -0.39 is 5.60 Å². The summed E-state index contributed by atoms with van der Waals surface area (Å²) < 4.78 is 0. The van der Waals surface area contributed by atoms with Gasteiger partial charge >= 0.3 is 0 Å². The summed E-state index contributed by atoms with van der Waals surface area (Å²) >= 11 is 0. The van der Waals surface area contributed by atoms with Crippen molar-refractivity contribution in [2.75, 3.05) is 6.61 Å². The molecule has 4 rings (SSSR count). The van der Waals surface area contributed by atoms with E-state index in [4.69, 9.17) is 0 Å². The number of hydrogen-bond acceptors (Lipinski definition) is 3. The summed E-state index contributed by atoms with van der Waals surface area (Å²) in [5.41, 5.74) is -0.149. The summed E-state index contributed by atoms with van der Waals surface area (Å²) in [5, 5.41) is 31.1. The van der Waals surface area contributed by atoms with E-state index in [1.807, 2.05) is 0 Å². The molecular formula is C21H36O3. The predicted molar refractivity (Wildman–Crippen MR) is 94.3 cm³/mol. The van der Waals surface area contributed by atoms with E-state index in [1.54, 1.807) is 0 Å². The first kappa shape index (κ1) is 17.3. The smallest absolute Gasteiger partial charge is 0.0675 e. The lowest BCUT2D eigenvalue weighted by Crippen LogP contribution is -2.57. The fourth-order valence-corrected chi connectivity index (χ4v) is 7.85. The molecule has 3 nitrogen and oxygen atoms in total. The minimum atomic E-state index is -0.503. The van der Waals surface area contributed by atoms with Gasteiger partial charge < -0.3 is 15.3 Å². The van der Waals surface area contributed by atoms with Crippen molar-refractivity contribution >= 4 is 0 Å². The zero-order valence-corrected chi connectivity index (χ0v) is 15.7. The fourth-order valence-electron chi connectivity index (χ4n) is 7.85. The van der Waals surface area contributed by atoms with Crippen molar-refractivity contribution in [3.63, 3.8) is 0 Å². The first-order valence-corrected chi connectivity index (χ1v) is 10.2. The van der Waals surface area contributed by atoms with E-state index in [-0.39, 0.29) is 29.5 Å². The molecule has 4 saturated carbocycles. The van der Waals surface area contributed by atoms with Gasteiger partial charge in [0.25, 0.3) is 0 Å². The van der Waals surface area contributed by atoms with Gasteiger partial charge in [-0.15, -0.1) is 0 Å². The van der Waals surface area contributed by atoms with Crippen molar-refractivity contribution in [1.29, 1.82) is 0 Å². The minimum absolute atomic E-state index is 0.0602. The second kappa shape index (κ2) is 5.44. The van der Waals surface area contributed by atoms with Crippen LogP contribution >= 0.6 is 0 Å². The van der Waals surface area contributed by atoms with Crippen LogP contribution in [0.1, 0.15) is 72.1 Å². The third-order valence-corrected chi connectivity index (χ3v) is 9.63. The fraction of sp³-hybridized carbons (Fsp3) is 1.00. The second-order valence-electron chi connectivity index (χ2n) is 10.4. The molecule has 0 spiro atoms. The van der Waals surface area contributed by atoms with E-state index in [0.29, 0.717) is 17.8 Å². The van der Waals surface area contributed by atoms with Crippen molar-refractivity contribution in [1.82, 2.24) is 0 Å². The molecule has 0 aromatic carbocycles. The third-order valence-electron chi connectivity index (χ3n) is 9.63. The van der Waals surface area contributed by atoms with E-state index in [2.05, 4.69) is 20.8 Å². The molecule has 4 aliphatic carbocycles. The second-order valence-corrected chi connectivity index (χ2v) is 10.4. The normalized spacial score (nSPS) is 60.2. The van der Waals surface area contributed by atoms with Crippen LogP contribution in [0.4, 0.5) is 0 Å². The van der Waals surface area contributed by atoms with Gasteiger partial charge in [0.15, 0.2) is 0 Å². The molecule has 4 aliphatic rings. The van der Waals surface area contributed by atoms with Gasteiger partial charge in [0.1, 0.15) is 0 Å². The standard InChI is InChI=1S/C21H36O3/c1-19-11-13(12-22)18(23)10-14(19)4-5-15-16(19)6-8-20(2)17(15)7-9-21(20,3)24/h13-18,22-24H,4-12H2,1-3H3/t13-,14-,15-,16+,17+,18-,19+,20+,21-/m1/s1. The van der Waals surface area contributed by atoms with Crippen LogP contribution in [0.15, 0.2) is 0 Å². The maximum Gasteiger partial charge on any atom is 0.0675 e. The molecule has 24 heavy (non-hydrogen) atoms. The highest BCUT2D eigenvalue weighted by Crippen LogP contribution is 2.68. The average Bonchev–Trinajstić information content (AvgIpc) is 2.77. The maximum atomic E-state index is 11.0. The largest absolute Gasteiger partial charge is 0.396 e. The van der Waals surface area contributed by atoms with Gasteiger partial charge in [0.2, 0.25) is 0 Å². The molecule has 0 radical (unpaired) electrons. The van der Waals surface area contributed by atoms with Crippen LogP contribution in [0.5, 0.6) is 0 Å². The molecule has 0 unspecified atom stereocenters. The number of aliphatic hydroxyl groups is 3. The third kappa shape index (κ3) is 2.13. The molecule has 0 aromatic rings. The molecule has 0 amide bonds. The first-order chi connectivity index (χ1) is 11.2. The van der Waals surface area contributed by atoms with Crippen LogP contribution in [-0.2, 0) is 0 Å². The van der Waals surface area contributed by atoms with Gasteiger partial charge in [-0.05, 0) is 92.8 Å². The van der Waals surface area contributed by atoms with Gasteiger partial charge in [0.05, 0.1) is 11.7 Å². The number of hydrogen-bond donors (Lipinski definition) is 3. The number of aliphatic hydroxyl groups excluding tert-OH is 2. The monoisotopic (exact) mass is 336 g/mol. The lowest BCUT2D eigenvalue weighted by atomic mass is 9.43. The zero-order chi connectivity index (χ0) is 17.3. The first-order valence-electron chi connectivity index (χ1n) is 10.2. The molecular weight excluding hydrogens is 300 g/mol. The lowest BCUT2D eigenvalue weighted by Gasteiger charge is -2.62. The SMILES string of the molecule is C[C@]12C[C@H](CO)[C@H](O)C[C@H]1CC[C@@H]1[C@@H]2CC[C@@]2(C)[C@H]1CC[C@@]2(C)O. The molecule has 4 fully saturated rings. The van der Waals surface area contributed by atoms with Crippen molar-refractivity contribution in [3.8, 4) is 0 Å². The molecule has 3 N–H and O–H groups in total. The van der Waals surface area contributed by atoms with Crippen LogP contribution in [0.3, 0.4) is 0 Å². The summed E-state index contributed by atoms with van der Waals surface area (Å²) in [4.78, 5) is 0. The van der Waals surface area contributed by atoms with Crippen LogP contribution < -0.4 is 0 Å². The summed E-state index contributed by atoms with van der Waals surface area (Å²) in [6.07, 6.45) is 8.54. The van der Waals surface area contributed by atoms with E-state index in [0.717, 1.165) is 31.6 Å². The maximum absolute atomic E-state index is 11.0. The van der Waals surface area contributed by atoms with Crippen LogP contribution in [0.25, 0.3) is 0 Å². The average molecular weight is 337 g/mol. The number of rotatable bonds is 1. The van der Waals surface area contributed by atoms with Gasteiger partial charge in [-0.3, -0.25) is 0 Å². The highest BCUT2D eigenvalue weighted by Gasteiger charge is 2.63. The molecule has 0 aromatic heterocycles. The van der Waals surface area contributed by atoms with Crippen molar-refractivity contribution in [3.05, 3.63) is 0 Å². The van der Waals surface area contributed by atoms with Crippen molar-refractivity contribution in [2.45, 2.75) is 83.8 Å². The molecule has 9 atom stereocenters. The van der Waals surface area contributed by atoms with E-state index in [9.17, 15) is 15.3 Å². The Hall–Kier alpha value is -0.120. The minimum Gasteiger partial charge on any atom is -0.396 e. The highest BCUT2D eigenvalue weighted by molar-refractivity contribution is 5.13.